The summed E-state index contributed by atoms with van der Waals surface area (Å²) in [6.07, 6.45) is 6.56. The molecule has 0 aliphatic carbocycles. The van der Waals surface area contributed by atoms with E-state index in [4.69, 9.17) is 26.3 Å². The first-order valence-electron chi connectivity index (χ1n) is 12.9. The maximum Gasteiger partial charge on any atom is 0.151 e. The Bertz CT molecular complexity index is 1790. The van der Waals surface area contributed by atoms with Crippen LogP contribution in [0.2, 0.25) is 5.02 Å². The van der Waals surface area contributed by atoms with Crippen LogP contribution in [0.1, 0.15) is 35.8 Å². The van der Waals surface area contributed by atoms with Crippen molar-refractivity contribution in [2.45, 2.75) is 31.6 Å². The molecule has 39 heavy (non-hydrogen) atoms. The lowest BCUT2D eigenvalue weighted by Gasteiger charge is -2.32. The van der Waals surface area contributed by atoms with Crippen LogP contribution in [0.3, 0.4) is 0 Å². The van der Waals surface area contributed by atoms with Gasteiger partial charge in [0.05, 0.1) is 50.4 Å². The summed E-state index contributed by atoms with van der Waals surface area (Å²) in [4.78, 5) is 9.70. The predicted octanol–water partition coefficient (Wildman–Crippen LogP) is 4.90. The van der Waals surface area contributed by atoms with E-state index >= 15 is 0 Å². The fourth-order valence-electron chi connectivity index (χ4n) is 5.83. The van der Waals surface area contributed by atoms with Crippen LogP contribution in [0.15, 0.2) is 48.8 Å². The summed E-state index contributed by atoms with van der Waals surface area (Å²) in [6, 6.07) is 11.4. The van der Waals surface area contributed by atoms with E-state index in [-0.39, 0.29) is 17.7 Å². The van der Waals surface area contributed by atoms with Crippen molar-refractivity contribution < 1.29 is 13.2 Å². The highest BCUT2D eigenvalue weighted by molar-refractivity contribution is 7.89. The monoisotopic (exact) mass is 564 g/mol. The second-order valence-electron chi connectivity index (χ2n) is 10.3. The zero-order valence-electron chi connectivity index (χ0n) is 22.0. The molecule has 4 aromatic heterocycles. The molecule has 6 rings (SSSR count). The molecule has 0 unspecified atom stereocenters. The van der Waals surface area contributed by atoms with Crippen LogP contribution >= 0.6 is 11.6 Å². The molecule has 0 bridgehead atoms. The molecule has 1 fully saturated rings. The lowest BCUT2D eigenvalue weighted by atomic mass is 9.88. The van der Waals surface area contributed by atoms with Gasteiger partial charge in [0, 0.05) is 49.9 Å². The standard InChI is InChI=1S/C28H29ClN6O3S/c1-17-27(34(2)33-32-17)20-14-24-25(31-15-20)21-7-6-18(16-39(3,36)37)13-23(21)35(24)28(19-8-11-38-12-9-19)26-22(29)5-4-10-30-26/h4-7,10,13-15,19,28H,8-9,11-12,16H2,1-3H3/t28-/m0/s1. The van der Waals surface area contributed by atoms with E-state index in [1.54, 1.807) is 10.9 Å². The first-order valence-corrected chi connectivity index (χ1v) is 15.3. The van der Waals surface area contributed by atoms with Crippen molar-refractivity contribution in [1.82, 2.24) is 29.5 Å². The van der Waals surface area contributed by atoms with Gasteiger partial charge < -0.3 is 9.30 Å². The number of nitrogens with zero attached hydrogens (tertiary/aromatic N) is 6. The van der Waals surface area contributed by atoms with Crippen molar-refractivity contribution in [1.29, 1.82) is 0 Å². The predicted molar refractivity (Wildman–Crippen MR) is 151 cm³/mol. The average Bonchev–Trinajstić information content (AvgIpc) is 3.40. The minimum atomic E-state index is -3.23. The van der Waals surface area contributed by atoms with Gasteiger partial charge >= 0.3 is 0 Å². The summed E-state index contributed by atoms with van der Waals surface area (Å²) in [5.41, 5.74) is 6.73. The molecule has 0 saturated carbocycles. The highest BCUT2D eigenvalue weighted by Gasteiger charge is 2.32. The maximum absolute atomic E-state index is 12.2. The van der Waals surface area contributed by atoms with Crippen molar-refractivity contribution in [2.75, 3.05) is 19.5 Å². The molecule has 0 amide bonds. The van der Waals surface area contributed by atoms with Gasteiger partial charge in [-0.05, 0) is 55.5 Å². The van der Waals surface area contributed by atoms with Gasteiger partial charge in [0.15, 0.2) is 9.84 Å². The van der Waals surface area contributed by atoms with Crippen molar-refractivity contribution >= 4 is 43.4 Å². The van der Waals surface area contributed by atoms with Crippen LogP contribution in [0.25, 0.3) is 33.2 Å². The Morgan fingerprint density at radius 3 is 2.62 bits per heavy atom. The molecule has 11 heteroatoms. The van der Waals surface area contributed by atoms with Crippen LogP contribution in [-0.2, 0) is 27.4 Å². The third kappa shape index (κ3) is 4.81. The van der Waals surface area contributed by atoms with Crippen LogP contribution in [-0.4, -0.2) is 57.4 Å². The Morgan fingerprint density at radius 1 is 1.13 bits per heavy atom. The third-order valence-electron chi connectivity index (χ3n) is 7.46. The number of fused-ring (bicyclic) bond motifs is 3. The minimum Gasteiger partial charge on any atom is -0.381 e. The molecule has 1 saturated heterocycles. The SMILES string of the molecule is Cc1nnn(C)c1-c1cnc2c3ccc(CS(C)(=O)=O)cc3n([C@H](c3ncccc3Cl)C3CCOCC3)c2c1. The molecule has 1 atom stereocenters. The fourth-order valence-corrected chi connectivity index (χ4v) is 6.85. The number of hydrogen-bond donors (Lipinski definition) is 0. The number of benzene rings is 1. The first-order chi connectivity index (χ1) is 18.7. The summed E-state index contributed by atoms with van der Waals surface area (Å²) < 4.78 is 34.1. The number of hydrogen-bond acceptors (Lipinski definition) is 7. The average molecular weight is 565 g/mol. The summed E-state index contributed by atoms with van der Waals surface area (Å²) in [6.45, 7) is 3.25. The van der Waals surface area contributed by atoms with Crippen LogP contribution in [0, 0.1) is 12.8 Å². The number of aromatic nitrogens is 6. The van der Waals surface area contributed by atoms with E-state index in [0.717, 1.165) is 63.0 Å². The quantitative estimate of drug-likeness (QED) is 0.289. The number of pyridine rings is 2. The molecular formula is C28H29ClN6O3S. The molecule has 1 aromatic carbocycles. The molecule has 1 aliphatic rings. The van der Waals surface area contributed by atoms with Crippen LogP contribution in [0.4, 0.5) is 0 Å². The highest BCUT2D eigenvalue weighted by Crippen LogP contribution is 2.42. The number of sulfone groups is 1. The van der Waals surface area contributed by atoms with Crippen LogP contribution < -0.4 is 0 Å². The zero-order chi connectivity index (χ0) is 27.3. The number of halogens is 1. The number of ether oxygens (including phenoxy) is 1. The lowest BCUT2D eigenvalue weighted by molar-refractivity contribution is 0.0548. The van der Waals surface area contributed by atoms with Gasteiger partial charge in [-0.1, -0.05) is 28.9 Å². The summed E-state index contributed by atoms with van der Waals surface area (Å²) in [5.74, 6) is 0.155. The van der Waals surface area contributed by atoms with Gasteiger partial charge in [-0.25, -0.2) is 13.1 Å². The largest absolute Gasteiger partial charge is 0.381 e. The number of rotatable bonds is 6. The highest BCUT2D eigenvalue weighted by atomic mass is 35.5. The second kappa shape index (κ2) is 10.0. The smallest absolute Gasteiger partial charge is 0.151 e. The Balaban J connectivity index is 1.69. The summed E-state index contributed by atoms with van der Waals surface area (Å²) in [5, 5.41) is 9.95. The summed E-state index contributed by atoms with van der Waals surface area (Å²) in [7, 11) is -1.36. The van der Waals surface area contributed by atoms with Gasteiger partial charge in [0.25, 0.3) is 0 Å². The number of aryl methyl sites for hydroxylation is 2. The van der Waals surface area contributed by atoms with Crippen molar-refractivity contribution in [3.63, 3.8) is 0 Å². The Morgan fingerprint density at radius 2 is 1.92 bits per heavy atom. The minimum absolute atomic E-state index is 0.0463. The summed E-state index contributed by atoms with van der Waals surface area (Å²) >= 11 is 6.81. The Kier molecular flexibility index (Phi) is 6.65. The van der Waals surface area contributed by atoms with E-state index < -0.39 is 9.84 Å². The molecule has 0 N–H and O–H groups in total. The van der Waals surface area contributed by atoms with Crippen molar-refractivity contribution in [2.24, 2.45) is 13.0 Å². The van der Waals surface area contributed by atoms with E-state index in [2.05, 4.69) is 20.9 Å². The van der Waals surface area contributed by atoms with Crippen molar-refractivity contribution in [3.05, 3.63) is 70.8 Å². The van der Waals surface area contributed by atoms with Gasteiger partial charge in [-0.15, -0.1) is 5.10 Å². The van der Waals surface area contributed by atoms with E-state index in [9.17, 15) is 8.42 Å². The first kappa shape index (κ1) is 25.9. The molecule has 202 valence electrons. The van der Waals surface area contributed by atoms with Gasteiger partial charge in [-0.2, -0.15) is 0 Å². The Labute approximate surface area is 231 Å². The molecule has 5 aromatic rings. The Hall–Kier alpha value is -3.34. The van der Waals surface area contributed by atoms with Gasteiger partial charge in [-0.3, -0.25) is 9.97 Å². The molecule has 0 spiro atoms. The normalized spacial score (nSPS) is 15.8. The van der Waals surface area contributed by atoms with Gasteiger partial charge in [0.2, 0.25) is 0 Å². The fraction of sp³-hybridized carbons (Fsp3) is 0.357. The molecule has 1 aliphatic heterocycles. The lowest BCUT2D eigenvalue weighted by Crippen LogP contribution is -2.27. The molecular weight excluding hydrogens is 536 g/mol. The van der Waals surface area contributed by atoms with Crippen molar-refractivity contribution in [3.8, 4) is 11.3 Å². The molecule has 5 heterocycles. The van der Waals surface area contributed by atoms with E-state index in [0.29, 0.717) is 18.2 Å². The molecule has 0 radical (unpaired) electrons. The molecule has 9 nitrogen and oxygen atoms in total. The topological polar surface area (TPSA) is 105 Å². The van der Waals surface area contributed by atoms with E-state index in [1.807, 2.05) is 50.5 Å². The van der Waals surface area contributed by atoms with Crippen LogP contribution in [0.5, 0.6) is 0 Å². The van der Waals surface area contributed by atoms with Gasteiger partial charge in [0.1, 0.15) is 0 Å². The van der Waals surface area contributed by atoms with E-state index in [1.165, 1.54) is 6.26 Å². The third-order valence-corrected chi connectivity index (χ3v) is 8.64. The zero-order valence-corrected chi connectivity index (χ0v) is 23.6. The maximum atomic E-state index is 12.2. The second-order valence-corrected chi connectivity index (χ2v) is 12.8.